The first-order valence-corrected chi connectivity index (χ1v) is 8.88. The number of aliphatic carboxylic acids is 1. The summed E-state index contributed by atoms with van der Waals surface area (Å²) >= 11 is 0. The predicted molar refractivity (Wildman–Crippen MR) is 103 cm³/mol. The Bertz CT molecular complexity index is 1100. The number of carboxylic acid groups (broad SMARTS) is 1. The zero-order valence-corrected chi connectivity index (χ0v) is 17.0. The van der Waals surface area contributed by atoms with Crippen LogP contribution >= 0.6 is 0 Å². The maximum absolute atomic E-state index is 13.8. The molecule has 0 radical (unpaired) electrons. The van der Waals surface area contributed by atoms with Crippen LogP contribution in [0.15, 0.2) is 40.9 Å². The van der Waals surface area contributed by atoms with E-state index in [1.165, 1.54) is 24.3 Å². The summed E-state index contributed by atoms with van der Waals surface area (Å²) in [6.45, 7) is 0.503. The molecule has 0 aliphatic carbocycles. The van der Waals surface area contributed by atoms with E-state index >= 15 is 0 Å². The molecule has 3 aromatic rings. The van der Waals surface area contributed by atoms with Crippen LogP contribution in [0.5, 0.6) is 0 Å². The summed E-state index contributed by atoms with van der Waals surface area (Å²) < 4.78 is 64.3. The first kappa shape index (κ1) is 25.3. The normalized spacial score (nSPS) is 11.0. The van der Waals surface area contributed by atoms with Gasteiger partial charge in [-0.3, -0.25) is 4.79 Å². The predicted octanol–water partition coefficient (Wildman–Crippen LogP) is 3.36. The minimum absolute atomic E-state index is 0.0216. The first-order chi connectivity index (χ1) is 15.4. The first-order valence-electron chi connectivity index (χ1n) is 8.88. The molecule has 1 aromatic carbocycles. The van der Waals surface area contributed by atoms with E-state index in [0.717, 1.165) is 12.1 Å². The Morgan fingerprint density at radius 1 is 1.09 bits per heavy atom. The summed E-state index contributed by atoms with van der Waals surface area (Å²) in [5, 5.41) is 20.9. The van der Waals surface area contributed by atoms with Crippen molar-refractivity contribution in [2.45, 2.75) is 12.7 Å². The fourth-order valence-corrected chi connectivity index (χ4v) is 2.26. The van der Waals surface area contributed by atoms with Gasteiger partial charge in [0.2, 0.25) is 0 Å². The molecule has 0 bridgehead atoms. The van der Waals surface area contributed by atoms with E-state index < -0.39 is 29.7 Å². The van der Waals surface area contributed by atoms with Crippen molar-refractivity contribution in [3.8, 4) is 11.3 Å². The number of carboxylic acids is 1. The Labute approximate surface area is 182 Å². The lowest BCUT2D eigenvalue weighted by atomic mass is 10.1. The number of benzene rings is 1. The van der Waals surface area contributed by atoms with Gasteiger partial charge in [0.15, 0.2) is 17.3 Å². The quantitative estimate of drug-likeness (QED) is 0.541. The third kappa shape index (κ3) is 7.31. The highest BCUT2D eigenvalue weighted by Crippen LogP contribution is 2.24. The molecular formula is C19H16F5N5O4. The van der Waals surface area contributed by atoms with Gasteiger partial charge in [0.25, 0.3) is 5.91 Å². The van der Waals surface area contributed by atoms with Crippen molar-refractivity contribution in [1.82, 2.24) is 20.3 Å². The summed E-state index contributed by atoms with van der Waals surface area (Å²) in [6.07, 6.45) is -5.08. The average Bonchev–Trinajstić information content (AvgIpc) is 3.17. The molecule has 14 heteroatoms. The minimum atomic E-state index is -5.08. The molecule has 2 N–H and O–H groups in total. The van der Waals surface area contributed by atoms with Gasteiger partial charge >= 0.3 is 12.1 Å². The number of aromatic nitrogens is 3. The Morgan fingerprint density at radius 3 is 2.18 bits per heavy atom. The highest BCUT2D eigenvalue weighted by atomic mass is 19.4. The van der Waals surface area contributed by atoms with Crippen LogP contribution in [0.25, 0.3) is 11.3 Å². The number of anilines is 1. The lowest BCUT2D eigenvalue weighted by molar-refractivity contribution is -0.192. The van der Waals surface area contributed by atoms with Crippen molar-refractivity contribution in [3.63, 3.8) is 0 Å². The summed E-state index contributed by atoms with van der Waals surface area (Å²) in [7, 11) is 3.72. The monoisotopic (exact) mass is 473 g/mol. The summed E-state index contributed by atoms with van der Waals surface area (Å²) in [4.78, 5) is 22.9. The number of hydrogen-bond acceptors (Lipinski definition) is 7. The fraction of sp³-hybridized carbons (Fsp3) is 0.211. The van der Waals surface area contributed by atoms with E-state index in [1.54, 1.807) is 0 Å². The van der Waals surface area contributed by atoms with Crippen molar-refractivity contribution in [2.75, 3.05) is 19.4 Å². The highest BCUT2D eigenvalue weighted by Gasteiger charge is 2.38. The van der Waals surface area contributed by atoms with Gasteiger partial charge in [-0.15, -0.1) is 10.2 Å². The van der Waals surface area contributed by atoms with Crippen molar-refractivity contribution in [3.05, 3.63) is 59.5 Å². The Balaban J connectivity index is 0.000000479. The third-order valence-electron chi connectivity index (χ3n) is 3.63. The largest absolute Gasteiger partial charge is 0.490 e. The van der Waals surface area contributed by atoms with E-state index in [0.29, 0.717) is 12.3 Å². The lowest BCUT2D eigenvalue weighted by Crippen LogP contribution is -2.21. The number of nitrogens with zero attached hydrogens (tertiary/aromatic N) is 4. The van der Waals surface area contributed by atoms with E-state index in [1.807, 2.05) is 19.0 Å². The molecule has 0 unspecified atom stereocenters. The molecule has 0 saturated heterocycles. The lowest BCUT2D eigenvalue weighted by Gasteiger charge is -2.05. The van der Waals surface area contributed by atoms with E-state index in [4.69, 9.17) is 14.4 Å². The van der Waals surface area contributed by atoms with Crippen molar-refractivity contribution in [1.29, 1.82) is 0 Å². The zero-order valence-electron chi connectivity index (χ0n) is 17.0. The van der Waals surface area contributed by atoms with Gasteiger partial charge in [0, 0.05) is 6.07 Å². The third-order valence-corrected chi connectivity index (χ3v) is 3.63. The number of nitrogens with one attached hydrogen (secondary N) is 1. The molecule has 9 nitrogen and oxygen atoms in total. The molecule has 3 rings (SSSR count). The van der Waals surface area contributed by atoms with Gasteiger partial charge in [-0.1, -0.05) is 11.2 Å². The number of carbonyl (C=O) groups is 2. The van der Waals surface area contributed by atoms with Crippen LogP contribution in [0.1, 0.15) is 16.2 Å². The second kappa shape index (κ2) is 10.6. The molecule has 2 aromatic heterocycles. The van der Waals surface area contributed by atoms with Crippen LogP contribution < -0.4 is 5.32 Å². The van der Waals surface area contributed by atoms with Crippen LogP contribution in [0, 0.1) is 11.6 Å². The van der Waals surface area contributed by atoms with Crippen LogP contribution in [0.2, 0.25) is 0 Å². The molecule has 1 amide bonds. The molecule has 176 valence electrons. The number of hydrogen-bond donors (Lipinski definition) is 2. The molecule has 0 atom stereocenters. The molecular weight excluding hydrogens is 457 g/mol. The SMILES string of the molecule is CN(C)Cc1cc(C(=O)Nc2ccc(-c3c(F)cccc3F)nn2)no1.O=C(O)C(F)(F)F. The number of amides is 1. The van der Waals surface area contributed by atoms with Gasteiger partial charge in [0.1, 0.15) is 11.6 Å². The van der Waals surface area contributed by atoms with E-state index in [9.17, 15) is 26.7 Å². The molecule has 0 spiro atoms. The fourth-order valence-electron chi connectivity index (χ4n) is 2.26. The topological polar surface area (TPSA) is 121 Å². The van der Waals surface area contributed by atoms with Crippen molar-refractivity contribution in [2.24, 2.45) is 0 Å². The van der Waals surface area contributed by atoms with Gasteiger partial charge in [0.05, 0.1) is 17.8 Å². The van der Waals surface area contributed by atoms with Crippen LogP contribution in [0.4, 0.5) is 27.8 Å². The molecule has 33 heavy (non-hydrogen) atoms. The number of alkyl halides is 3. The zero-order chi connectivity index (χ0) is 24.8. The second-order valence-corrected chi connectivity index (χ2v) is 6.57. The summed E-state index contributed by atoms with van der Waals surface area (Å²) in [6, 6.07) is 7.80. The smallest absolute Gasteiger partial charge is 0.475 e. The summed E-state index contributed by atoms with van der Waals surface area (Å²) in [5.74, 6) is -4.12. The maximum Gasteiger partial charge on any atom is 0.490 e. The van der Waals surface area contributed by atoms with Gasteiger partial charge in [-0.25, -0.2) is 13.6 Å². The number of halogens is 5. The van der Waals surface area contributed by atoms with Crippen LogP contribution in [-0.4, -0.2) is 57.5 Å². The molecule has 0 fully saturated rings. The molecule has 0 saturated carbocycles. The van der Waals surface area contributed by atoms with E-state index in [2.05, 4.69) is 20.7 Å². The maximum atomic E-state index is 13.8. The van der Waals surface area contributed by atoms with Crippen LogP contribution in [0.3, 0.4) is 0 Å². The highest BCUT2D eigenvalue weighted by molar-refractivity contribution is 6.02. The Kier molecular flexibility index (Phi) is 8.12. The molecule has 0 aliphatic rings. The standard InChI is InChI=1S/C17H15F2N5O2.C2HF3O2/c1-24(2)9-10-8-14(23-26-10)17(25)20-15-7-6-13(21-22-15)16-11(18)4-3-5-12(16)19;3-2(4,5)1(6)7/h3-8H,9H2,1-2H3,(H,20,22,25);(H,6,7). The second-order valence-electron chi connectivity index (χ2n) is 6.57. The van der Waals surface area contributed by atoms with Crippen LogP contribution in [-0.2, 0) is 11.3 Å². The Morgan fingerprint density at radius 2 is 1.70 bits per heavy atom. The summed E-state index contributed by atoms with van der Waals surface area (Å²) in [5.41, 5.74) is -0.163. The van der Waals surface area contributed by atoms with Crippen molar-refractivity contribution >= 4 is 17.7 Å². The van der Waals surface area contributed by atoms with E-state index in [-0.39, 0.29) is 22.8 Å². The van der Waals surface area contributed by atoms with Gasteiger partial charge in [-0.2, -0.15) is 13.2 Å². The number of carbonyl (C=O) groups excluding carboxylic acids is 1. The van der Waals surface area contributed by atoms with Gasteiger partial charge in [-0.05, 0) is 38.4 Å². The average molecular weight is 473 g/mol. The molecule has 2 heterocycles. The Hall–Kier alpha value is -3.94. The van der Waals surface area contributed by atoms with Crippen molar-refractivity contribution < 1.29 is 41.2 Å². The number of rotatable bonds is 5. The molecule has 0 aliphatic heterocycles. The van der Waals surface area contributed by atoms with Gasteiger partial charge < -0.3 is 19.8 Å². The minimum Gasteiger partial charge on any atom is -0.475 e.